The highest BCUT2D eigenvalue weighted by atomic mass is 16.5. The number of piperidine rings is 1. The van der Waals surface area contributed by atoms with E-state index >= 15 is 0 Å². The maximum Gasteiger partial charge on any atom is 0.253 e. The van der Waals surface area contributed by atoms with Crippen LogP contribution in [0, 0.1) is 5.41 Å². The Morgan fingerprint density at radius 2 is 1.71 bits per heavy atom. The largest absolute Gasteiger partial charge is 0.489 e. The van der Waals surface area contributed by atoms with E-state index in [9.17, 15) is 4.79 Å². The first-order chi connectivity index (χ1) is 10.1. The van der Waals surface area contributed by atoms with Gasteiger partial charge in [-0.25, -0.2) is 0 Å². The van der Waals surface area contributed by atoms with Crippen molar-refractivity contribution in [2.45, 2.75) is 33.1 Å². The molecule has 21 heavy (non-hydrogen) atoms. The summed E-state index contributed by atoms with van der Waals surface area (Å²) in [6.07, 6.45) is 3.43. The Bertz CT molecular complexity index is 533. The summed E-state index contributed by atoms with van der Waals surface area (Å²) >= 11 is 0. The number of benzene rings is 1. The van der Waals surface area contributed by atoms with Crippen molar-refractivity contribution in [1.29, 1.82) is 0 Å². The molecule has 0 atom stereocenters. The summed E-state index contributed by atoms with van der Waals surface area (Å²) in [5.41, 5.74) is 0.676. The molecular formula is C17H23NO3. The van der Waals surface area contributed by atoms with Gasteiger partial charge < -0.3 is 14.4 Å². The Hall–Kier alpha value is -1.71. The van der Waals surface area contributed by atoms with Gasteiger partial charge in [0.2, 0.25) is 0 Å². The summed E-state index contributed by atoms with van der Waals surface area (Å²) in [4.78, 5) is 14.5. The van der Waals surface area contributed by atoms with E-state index in [0.29, 0.717) is 24.5 Å². The van der Waals surface area contributed by atoms with Gasteiger partial charge in [-0.15, -0.1) is 0 Å². The molecule has 1 aromatic carbocycles. The van der Waals surface area contributed by atoms with Crippen molar-refractivity contribution >= 4 is 5.91 Å². The standard InChI is InChI=1S/C17H23NO3/c1-17(2)11-20-14-7-6-13(10-15(14)21-12-17)16(19)18-8-4-3-5-9-18/h6-7,10H,3-5,8-9,11-12H2,1-2H3. The lowest BCUT2D eigenvalue weighted by molar-refractivity contribution is 0.0724. The number of hydrogen-bond acceptors (Lipinski definition) is 3. The molecule has 1 amide bonds. The molecule has 0 unspecified atom stereocenters. The van der Waals surface area contributed by atoms with Gasteiger partial charge in [-0.05, 0) is 37.5 Å². The molecule has 4 heteroatoms. The lowest BCUT2D eigenvalue weighted by Gasteiger charge is -2.26. The molecule has 1 fully saturated rings. The maximum atomic E-state index is 12.5. The van der Waals surface area contributed by atoms with Gasteiger partial charge in [-0.3, -0.25) is 4.79 Å². The molecule has 0 bridgehead atoms. The summed E-state index contributed by atoms with van der Waals surface area (Å²) in [5.74, 6) is 1.52. The monoisotopic (exact) mass is 289 g/mol. The highest BCUT2D eigenvalue weighted by Gasteiger charge is 2.26. The highest BCUT2D eigenvalue weighted by Crippen LogP contribution is 2.34. The molecule has 1 saturated heterocycles. The van der Waals surface area contributed by atoms with Crippen LogP contribution in [0.15, 0.2) is 18.2 Å². The second-order valence-electron chi connectivity index (χ2n) is 6.76. The Morgan fingerprint density at radius 1 is 1.05 bits per heavy atom. The van der Waals surface area contributed by atoms with E-state index in [0.717, 1.165) is 31.7 Å². The smallest absolute Gasteiger partial charge is 0.253 e. The Labute approximate surface area is 126 Å². The van der Waals surface area contributed by atoms with Gasteiger partial charge in [0.25, 0.3) is 5.91 Å². The number of likely N-dealkylation sites (tertiary alicyclic amines) is 1. The SMILES string of the molecule is CC1(C)COc2ccc(C(=O)N3CCCCC3)cc2OC1. The topological polar surface area (TPSA) is 38.8 Å². The van der Waals surface area contributed by atoms with Gasteiger partial charge in [0, 0.05) is 24.1 Å². The number of nitrogens with zero attached hydrogens (tertiary/aromatic N) is 1. The zero-order chi connectivity index (χ0) is 14.9. The first kappa shape index (κ1) is 14.2. The molecule has 1 aromatic rings. The average molecular weight is 289 g/mol. The molecule has 2 aliphatic rings. The van der Waals surface area contributed by atoms with E-state index in [-0.39, 0.29) is 11.3 Å². The molecule has 0 saturated carbocycles. The number of ether oxygens (including phenoxy) is 2. The minimum atomic E-state index is -0.0178. The fourth-order valence-corrected chi connectivity index (χ4v) is 2.74. The third-order valence-corrected chi connectivity index (χ3v) is 4.07. The van der Waals surface area contributed by atoms with Gasteiger partial charge in [0.05, 0.1) is 13.2 Å². The second kappa shape index (κ2) is 5.58. The van der Waals surface area contributed by atoms with Gasteiger partial charge in [0.15, 0.2) is 11.5 Å². The molecule has 0 aromatic heterocycles. The number of rotatable bonds is 1. The summed E-state index contributed by atoms with van der Waals surface area (Å²) in [6, 6.07) is 5.53. The van der Waals surface area contributed by atoms with Gasteiger partial charge >= 0.3 is 0 Å². The first-order valence-electron chi connectivity index (χ1n) is 7.74. The van der Waals surface area contributed by atoms with Crippen LogP contribution in [0.2, 0.25) is 0 Å². The molecule has 0 radical (unpaired) electrons. The zero-order valence-corrected chi connectivity index (χ0v) is 12.9. The fourth-order valence-electron chi connectivity index (χ4n) is 2.74. The lowest BCUT2D eigenvalue weighted by Crippen LogP contribution is -2.35. The van der Waals surface area contributed by atoms with E-state index < -0.39 is 0 Å². The van der Waals surface area contributed by atoms with E-state index in [1.54, 1.807) is 0 Å². The molecule has 0 N–H and O–H groups in total. The minimum absolute atomic E-state index is 0.0178. The summed E-state index contributed by atoms with van der Waals surface area (Å²) in [5, 5.41) is 0. The second-order valence-corrected chi connectivity index (χ2v) is 6.76. The normalized spacial score (nSPS) is 20.8. The van der Waals surface area contributed by atoms with Crippen LogP contribution < -0.4 is 9.47 Å². The average Bonchev–Trinajstić information content (AvgIpc) is 2.66. The maximum absolute atomic E-state index is 12.5. The van der Waals surface area contributed by atoms with Gasteiger partial charge in [-0.2, -0.15) is 0 Å². The highest BCUT2D eigenvalue weighted by molar-refractivity contribution is 5.95. The first-order valence-corrected chi connectivity index (χ1v) is 7.74. The molecule has 0 aliphatic carbocycles. The van der Waals surface area contributed by atoms with E-state index in [1.807, 2.05) is 23.1 Å². The molecule has 0 spiro atoms. The molecule has 2 aliphatic heterocycles. The summed E-state index contributed by atoms with van der Waals surface area (Å²) in [6.45, 7) is 7.17. The van der Waals surface area contributed by atoms with Crippen molar-refractivity contribution in [2.75, 3.05) is 26.3 Å². The minimum Gasteiger partial charge on any atom is -0.489 e. The van der Waals surface area contributed by atoms with Crippen LogP contribution in [0.25, 0.3) is 0 Å². The number of amides is 1. The van der Waals surface area contributed by atoms with Crippen LogP contribution in [0.3, 0.4) is 0 Å². The van der Waals surface area contributed by atoms with Crippen LogP contribution in [0.4, 0.5) is 0 Å². The predicted molar refractivity (Wildman–Crippen MR) is 81.0 cm³/mol. The van der Waals surface area contributed by atoms with Gasteiger partial charge in [-0.1, -0.05) is 13.8 Å². The van der Waals surface area contributed by atoms with Crippen LogP contribution in [0.5, 0.6) is 11.5 Å². The predicted octanol–water partition coefficient (Wildman–Crippen LogP) is 3.11. The number of fused-ring (bicyclic) bond motifs is 1. The number of carbonyl (C=O) groups is 1. The third-order valence-electron chi connectivity index (χ3n) is 4.07. The van der Waals surface area contributed by atoms with E-state index in [2.05, 4.69) is 13.8 Å². The molecule has 2 heterocycles. The summed E-state index contributed by atoms with van der Waals surface area (Å²) < 4.78 is 11.6. The van der Waals surface area contributed by atoms with Gasteiger partial charge in [0.1, 0.15) is 0 Å². The molecule has 4 nitrogen and oxygen atoms in total. The molecule has 3 rings (SSSR count). The van der Waals surface area contributed by atoms with Crippen molar-refractivity contribution in [1.82, 2.24) is 4.90 Å². The van der Waals surface area contributed by atoms with Crippen molar-refractivity contribution < 1.29 is 14.3 Å². The quantitative estimate of drug-likeness (QED) is 0.797. The van der Waals surface area contributed by atoms with Crippen molar-refractivity contribution in [3.05, 3.63) is 23.8 Å². The number of carbonyl (C=O) groups excluding carboxylic acids is 1. The van der Waals surface area contributed by atoms with E-state index in [4.69, 9.17) is 9.47 Å². The molecule has 114 valence electrons. The van der Waals surface area contributed by atoms with Crippen molar-refractivity contribution in [3.8, 4) is 11.5 Å². The Balaban J connectivity index is 1.79. The third kappa shape index (κ3) is 3.14. The zero-order valence-electron chi connectivity index (χ0n) is 12.9. The molecular weight excluding hydrogens is 266 g/mol. The van der Waals surface area contributed by atoms with Crippen LogP contribution in [0.1, 0.15) is 43.5 Å². The Morgan fingerprint density at radius 3 is 2.43 bits per heavy atom. The summed E-state index contributed by atoms with van der Waals surface area (Å²) in [7, 11) is 0. The van der Waals surface area contributed by atoms with Crippen molar-refractivity contribution in [3.63, 3.8) is 0 Å². The van der Waals surface area contributed by atoms with Crippen LogP contribution in [-0.4, -0.2) is 37.1 Å². The van der Waals surface area contributed by atoms with Crippen LogP contribution >= 0.6 is 0 Å². The fraction of sp³-hybridized carbons (Fsp3) is 0.588. The number of hydrogen-bond donors (Lipinski definition) is 0. The van der Waals surface area contributed by atoms with Crippen LogP contribution in [-0.2, 0) is 0 Å². The Kier molecular flexibility index (Phi) is 3.79. The van der Waals surface area contributed by atoms with Crippen molar-refractivity contribution in [2.24, 2.45) is 5.41 Å². The lowest BCUT2D eigenvalue weighted by atomic mass is 9.97. The van der Waals surface area contributed by atoms with E-state index in [1.165, 1.54) is 6.42 Å².